The van der Waals surface area contributed by atoms with E-state index in [2.05, 4.69) is 10.3 Å². The van der Waals surface area contributed by atoms with Crippen LogP contribution in [-0.2, 0) is 21.4 Å². The van der Waals surface area contributed by atoms with E-state index in [4.69, 9.17) is 15.1 Å². The number of hydroxylamine groups is 1. The van der Waals surface area contributed by atoms with E-state index in [0.29, 0.717) is 12.2 Å². The average Bonchev–Trinajstić information content (AvgIpc) is 3.25. The minimum Gasteiger partial charge on any atom is -0.486 e. The summed E-state index contributed by atoms with van der Waals surface area (Å²) in [5.41, 5.74) is 2.32. The molecule has 0 bridgehead atoms. The van der Waals surface area contributed by atoms with E-state index >= 15 is 0 Å². The van der Waals surface area contributed by atoms with Gasteiger partial charge in [-0.2, -0.15) is 4.31 Å². The summed E-state index contributed by atoms with van der Waals surface area (Å²) < 4.78 is 34.2. The third-order valence-electron chi connectivity index (χ3n) is 5.40. The predicted molar refractivity (Wildman–Crippen MR) is 122 cm³/mol. The fourth-order valence-electron chi connectivity index (χ4n) is 3.89. The Bertz CT molecular complexity index is 1260. The van der Waals surface area contributed by atoms with Crippen molar-refractivity contribution in [2.45, 2.75) is 36.4 Å². The van der Waals surface area contributed by atoms with Crippen LogP contribution in [-0.4, -0.2) is 58.6 Å². The molecular weight excluding hydrogens is 484 g/mol. The number of sulfonamides is 1. The molecule has 2 unspecified atom stereocenters. The molecule has 1 aliphatic rings. The quantitative estimate of drug-likeness (QED) is 0.280. The molecule has 3 aromatic rings. The van der Waals surface area contributed by atoms with Crippen LogP contribution in [0.2, 0.25) is 0 Å². The zero-order valence-corrected chi connectivity index (χ0v) is 19.4. The summed E-state index contributed by atoms with van der Waals surface area (Å²) in [6, 6.07) is 11.0. The molecule has 180 valence electrons. The average molecular weight is 507 g/mol. The number of amides is 2. The van der Waals surface area contributed by atoms with Crippen LogP contribution < -0.4 is 15.5 Å². The van der Waals surface area contributed by atoms with Crippen LogP contribution in [0.1, 0.15) is 17.8 Å². The second-order valence-electron chi connectivity index (χ2n) is 7.57. The van der Waals surface area contributed by atoms with E-state index < -0.39 is 34.1 Å². The van der Waals surface area contributed by atoms with Crippen LogP contribution in [0.15, 0.2) is 53.4 Å². The second-order valence-corrected chi connectivity index (χ2v) is 10.6. The SMILES string of the molecule is O=C(O)NC1CCCN(S(=O)(=O)c2ccc(OCc3nc4ccccc4s3)cc2)C1C(=O)NO. The number of ether oxygens (including phenoxy) is 1. The summed E-state index contributed by atoms with van der Waals surface area (Å²) >= 11 is 1.51. The topological polar surface area (TPSA) is 158 Å². The van der Waals surface area contributed by atoms with Crippen LogP contribution in [0.4, 0.5) is 4.79 Å². The molecule has 1 saturated heterocycles. The van der Waals surface area contributed by atoms with Crippen molar-refractivity contribution in [3.8, 4) is 5.75 Å². The smallest absolute Gasteiger partial charge is 0.404 e. The van der Waals surface area contributed by atoms with Gasteiger partial charge in [0, 0.05) is 6.54 Å². The molecule has 13 heteroatoms. The fraction of sp³-hybridized carbons (Fsp3) is 0.286. The Balaban J connectivity index is 1.50. The summed E-state index contributed by atoms with van der Waals surface area (Å²) in [5, 5.41) is 21.1. The summed E-state index contributed by atoms with van der Waals surface area (Å²) in [6.45, 7) is 0.215. The normalized spacial score (nSPS) is 19.0. The van der Waals surface area contributed by atoms with E-state index in [0.717, 1.165) is 19.5 Å². The van der Waals surface area contributed by atoms with Crippen molar-refractivity contribution in [3.63, 3.8) is 0 Å². The lowest BCUT2D eigenvalue weighted by Gasteiger charge is -2.38. The van der Waals surface area contributed by atoms with Crippen molar-refractivity contribution >= 4 is 43.6 Å². The van der Waals surface area contributed by atoms with E-state index in [-0.39, 0.29) is 24.5 Å². The number of piperidine rings is 1. The first-order valence-electron chi connectivity index (χ1n) is 10.3. The van der Waals surface area contributed by atoms with E-state index in [1.54, 1.807) is 0 Å². The number of thiazole rings is 1. The van der Waals surface area contributed by atoms with E-state index in [9.17, 15) is 18.0 Å². The van der Waals surface area contributed by atoms with Crippen molar-refractivity contribution < 1.29 is 33.1 Å². The molecule has 1 fully saturated rings. The molecule has 2 heterocycles. The fourth-order valence-corrected chi connectivity index (χ4v) is 6.44. The molecular formula is C21H22N4O7S2. The number of carboxylic acid groups (broad SMARTS) is 1. The van der Waals surface area contributed by atoms with Gasteiger partial charge in [-0.05, 0) is 49.2 Å². The molecule has 0 saturated carbocycles. The van der Waals surface area contributed by atoms with Crippen LogP contribution in [0.3, 0.4) is 0 Å². The lowest BCUT2D eigenvalue weighted by atomic mass is 9.98. The predicted octanol–water partition coefficient (Wildman–Crippen LogP) is 2.17. The minimum atomic E-state index is -4.17. The number of carbonyl (C=O) groups is 2. The van der Waals surface area contributed by atoms with Gasteiger partial charge in [-0.15, -0.1) is 11.3 Å². The molecule has 11 nitrogen and oxygen atoms in total. The third-order valence-corrected chi connectivity index (χ3v) is 8.31. The Morgan fingerprint density at radius 1 is 1.18 bits per heavy atom. The number of benzene rings is 2. The molecule has 0 radical (unpaired) electrons. The molecule has 1 aliphatic heterocycles. The number of para-hydroxylation sites is 1. The van der Waals surface area contributed by atoms with Crippen molar-refractivity contribution in [2.24, 2.45) is 0 Å². The molecule has 2 amide bonds. The number of rotatable bonds is 7. The number of nitrogens with one attached hydrogen (secondary N) is 2. The van der Waals surface area contributed by atoms with E-state index in [1.807, 2.05) is 24.3 Å². The Morgan fingerprint density at radius 3 is 2.59 bits per heavy atom. The van der Waals surface area contributed by atoms with Gasteiger partial charge in [0.25, 0.3) is 5.91 Å². The van der Waals surface area contributed by atoms with Crippen LogP contribution >= 0.6 is 11.3 Å². The molecule has 4 rings (SSSR count). The summed E-state index contributed by atoms with van der Waals surface area (Å²) in [7, 11) is -4.17. The Labute approximate surface area is 199 Å². The molecule has 34 heavy (non-hydrogen) atoms. The number of carbonyl (C=O) groups excluding carboxylic acids is 1. The zero-order valence-electron chi connectivity index (χ0n) is 17.7. The van der Waals surface area contributed by atoms with Gasteiger partial charge in [0.2, 0.25) is 10.0 Å². The third kappa shape index (κ3) is 4.97. The van der Waals surface area contributed by atoms with Gasteiger partial charge in [0.15, 0.2) is 0 Å². The molecule has 2 aromatic carbocycles. The Hall–Kier alpha value is -3.26. The monoisotopic (exact) mass is 506 g/mol. The maximum atomic E-state index is 13.3. The van der Waals surface area contributed by atoms with Gasteiger partial charge in [0.1, 0.15) is 23.4 Å². The molecule has 1 aromatic heterocycles. The number of aromatic nitrogens is 1. The van der Waals surface area contributed by atoms with Crippen molar-refractivity contribution in [2.75, 3.05) is 6.54 Å². The number of hydrogen-bond acceptors (Lipinski definition) is 8. The van der Waals surface area contributed by atoms with Gasteiger partial charge in [-0.1, -0.05) is 12.1 Å². The molecule has 0 spiro atoms. The van der Waals surface area contributed by atoms with Crippen LogP contribution in [0.25, 0.3) is 10.2 Å². The Kier molecular flexibility index (Phi) is 6.97. The zero-order chi connectivity index (χ0) is 24.3. The van der Waals surface area contributed by atoms with Crippen LogP contribution in [0, 0.1) is 0 Å². The second kappa shape index (κ2) is 9.93. The van der Waals surface area contributed by atoms with Crippen molar-refractivity contribution in [1.82, 2.24) is 20.1 Å². The highest BCUT2D eigenvalue weighted by molar-refractivity contribution is 7.89. The van der Waals surface area contributed by atoms with Crippen molar-refractivity contribution in [1.29, 1.82) is 0 Å². The first kappa shape index (κ1) is 23.9. The summed E-state index contributed by atoms with van der Waals surface area (Å²) in [5.74, 6) is -0.579. The standard InChI is InChI=1S/C21H22N4O7S2/c26-20(24-29)19-16(23-21(27)28)5-3-11-25(19)34(30,31)14-9-7-13(8-10-14)32-12-18-22-15-4-1-2-6-17(15)33-18/h1-2,4,6-10,16,19,23,29H,3,5,11-12H2,(H,24,26)(H,27,28). The Morgan fingerprint density at radius 2 is 1.91 bits per heavy atom. The number of hydrogen-bond donors (Lipinski definition) is 4. The highest BCUT2D eigenvalue weighted by Crippen LogP contribution is 2.28. The number of fused-ring (bicyclic) bond motifs is 1. The van der Waals surface area contributed by atoms with Gasteiger partial charge in [-0.25, -0.2) is 23.7 Å². The molecule has 4 N–H and O–H groups in total. The number of nitrogens with zero attached hydrogens (tertiary/aromatic N) is 2. The first-order valence-corrected chi connectivity index (χ1v) is 12.6. The van der Waals surface area contributed by atoms with Crippen molar-refractivity contribution in [3.05, 3.63) is 53.5 Å². The minimum absolute atomic E-state index is 0.00588. The lowest BCUT2D eigenvalue weighted by molar-refractivity contribution is -0.134. The summed E-state index contributed by atoms with van der Waals surface area (Å²) in [6.07, 6.45) is -0.813. The highest BCUT2D eigenvalue weighted by atomic mass is 32.2. The highest BCUT2D eigenvalue weighted by Gasteiger charge is 2.44. The maximum absolute atomic E-state index is 13.3. The summed E-state index contributed by atoms with van der Waals surface area (Å²) in [4.78, 5) is 27.8. The first-order chi connectivity index (χ1) is 16.3. The van der Waals surface area contributed by atoms with Gasteiger partial charge in [0.05, 0.1) is 21.2 Å². The van der Waals surface area contributed by atoms with E-state index in [1.165, 1.54) is 41.1 Å². The lowest BCUT2D eigenvalue weighted by Crippen LogP contribution is -2.62. The van der Waals surface area contributed by atoms with Gasteiger partial charge >= 0.3 is 6.09 Å². The molecule has 2 atom stereocenters. The molecule has 0 aliphatic carbocycles. The largest absolute Gasteiger partial charge is 0.486 e. The van der Waals surface area contributed by atoms with Gasteiger partial charge in [-0.3, -0.25) is 10.0 Å². The van der Waals surface area contributed by atoms with Crippen LogP contribution in [0.5, 0.6) is 5.75 Å². The maximum Gasteiger partial charge on any atom is 0.404 e. The van der Waals surface area contributed by atoms with Gasteiger partial charge < -0.3 is 15.2 Å².